The lowest BCUT2D eigenvalue weighted by Crippen LogP contribution is -2.18. The summed E-state index contributed by atoms with van der Waals surface area (Å²) in [5, 5.41) is 0. The molecule has 1 aliphatic rings. The van der Waals surface area contributed by atoms with Gasteiger partial charge in [0.05, 0.1) is 0 Å². The van der Waals surface area contributed by atoms with Gasteiger partial charge in [-0.1, -0.05) is 12.1 Å². The molecule has 0 saturated carbocycles. The van der Waals surface area contributed by atoms with E-state index in [0.717, 1.165) is 12.8 Å². The van der Waals surface area contributed by atoms with Crippen LogP contribution in [0.25, 0.3) is 0 Å². The van der Waals surface area contributed by atoms with Crippen LogP contribution in [0.4, 0.5) is 0 Å². The Labute approximate surface area is 73.6 Å². The van der Waals surface area contributed by atoms with Gasteiger partial charge in [-0.05, 0) is 48.9 Å². The topological polar surface area (TPSA) is 26.0 Å². The molecule has 0 atom stereocenters. The third-order valence-electron chi connectivity index (χ3n) is 2.78. The molecular formula is C11H15N. The summed E-state index contributed by atoms with van der Waals surface area (Å²) in [4.78, 5) is 0. The summed E-state index contributed by atoms with van der Waals surface area (Å²) in [6.45, 7) is 4.33. The molecule has 0 fully saturated rings. The van der Waals surface area contributed by atoms with E-state index < -0.39 is 0 Å². The maximum atomic E-state index is 5.89. The smallest absolute Gasteiger partial charge is 0.0120 e. The Morgan fingerprint density at radius 3 is 1.92 bits per heavy atom. The van der Waals surface area contributed by atoms with E-state index >= 15 is 0 Å². The lowest BCUT2D eigenvalue weighted by atomic mass is 10.0. The minimum atomic E-state index is 0.362. The number of hydrogen-bond donors (Lipinski definition) is 1. The fourth-order valence-electron chi connectivity index (χ4n) is 1.95. The average molecular weight is 161 g/mol. The Kier molecular flexibility index (Phi) is 1.69. The molecular weight excluding hydrogens is 146 g/mol. The predicted molar refractivity (Wildman–Crippen MR) is 51.3 cm³/mol. The van der Waals surface area contributed by atoms with Crippen molar-refractivity contribution >= 4 is 0 Å². The van der Waals surface area contributed by atoms with Gasteiger partial charge in [-0.25, -0.2) is 0 Å². The Balaban J connectivity index is 2.48. The third kappa shape index (κ3) is 1.14. The van der Waals surface area contributed by atoms with Gasteiger partial charge < -0.3 is 5.73 Å². The summed E-state index contributed by atoms with van der Waals surface area (Å²) in [5.74, 6) is 0. The van der Waals surface area contributed by atoms with Gasteiger partial charge in [0.1, 0.15) is 0 Å². The zero-order valence-electron chi connectivity index (χ0n) is 7.72. The van der Waals surface area contributed by atoms with Gasteiger partial charge in [0, 0.05) is 6.04 Å². The highest BCUT2D eigenvalue weighted by Crippen LogP contribution is 2.24. The van der Waals surface area contributed by atoms with Crippen LogP contribution in [0, 0.1) is 13.8 Å². The summed E-state index contributed by atoms with van der Waals surface area (Å²) in [6, 6.07) is 4.94. The number of aryl methyl sites for hydroxylation is 2. The van der Waals surface area contributed by atoms with Crippen LogP contribution in [0.2, 0.25) is 0 Å². The van der Waals surface area contributed by atoms with Crippen molar-refractivity contribution < 1.29 is 0 Å². The van der Waals surface area contributed by atoms with E-state index in [2.05, 4.69) is 26.0 Å². The van der Waals surface area contributed by atoms with Crippen molar-refractivity contribution in [3.8, 4) is 0 Å². The quantitative estimate of drug-likeness (QED) is 0.616. The summed E-state index contributed by atoms with van der Waals surface area (Å²) in [5.41, 5.74) is 11.6. The number of hydrogen-bond acceptors (Lipinski definition) is 1. The molecule has 2 N–H and O–H groups in total. The van der Waals surface area contributed by atoms with Crippen LogP contribution in [0.15, 0.2) is 12.1 Å². The molecule has 0 amide bonds. The van der Waals surface area contributed by atoms with E-state index in [1.54, 1.807) is 0 Å². The van der Waals surface area contributed by atoms with Crippen molar-refractivity contribution in [1.29, 1.82) is 0 Å². The minimum Gasteiger partial charge on any atom is -0.327 e. The van der Waals surface area contributed by atoms with E-state index in [1.807, 2.05) is 0 Å². The molecule has 0 aromatic heterocycles. The normalized spacial score (nSPS) is 16.6. The highest BCUT2D eigenvalue weighted by molar-refractivity contribution is 5.40. The van der Waals surface area contributed by atoms with Crippen molar-refractivity contribution in [1.82, 2.24) is 0 Å². The van der Waals surface area contributed by atoms with E-state index in [-0.39, 0.29) is 0 Å². The zero-order valence-corrected chi connectivity index (χ0v) is 7.72. The third-order valence-corrected chi connectivity index (χ3v) is 2.78. The van der Waals surface area contributed by atoms with Gasteiger partial charge in [0.25, 0.3) is 0 Å². The highest BCUT2D eigenvalue weighted by atomic mass is 14.6. The lowest BCUT2D eigenvalue weighted by Gasteiger charge is -2.03. The lowest BCUT2D eigenvalue weighted by molar-refractivity contribution is 0.721. The van der Waals surface area contributed by atoms with Crippen LogP contribution < -0.4 is 5.73 Å². The van der Waals surface area contributed by atoms with E-state index in [9.17, 15) is 0 Å². The fraction of sp³-hybridized carbons (Fsp3) is 0.455. The van der Waals surface area contributed by atoms with Gasteiger partial charge >= 0.3 is 0 Å². The molecule has 1 aliphatic carbocycles. The van der Waals surface area contributed by atoms with Crippen LogP contribution in [-0.2, 0) is 12.8 Å². The molecule has 0 aliphatic heterocycles. The number of rotatable bonds is 0. The second-order valence-electron chi connectivity index (χ2n) is 3.87. The first kappa shape index (κ1) is 7.81. The van der Waals surface area contributed by atoms with Crippen molar-refractivity contribution in [2.75, 3.05) is 0 Å². The first-order valence-corrected chi connectivity index (χ1v) is 4.51. The van der Waals surface area contributed by atoms with Crippen molar-refractivity contribution in [3.63, 3.8) is 0 Å². The second-order valence-corrected chi connectivity index (χ2v) is 3.87. The molecule has 64 valence electrons. The van der Waals surface area contributed by atoms with Gasteiger partial charge in [0.2, 0.25) is 0 Å². The predicted octanol–water partition coefficient (Wildman–Crippen LogP) is 1.73. The SMILES string of the molecule is Cc1cc2c(cc1C)CC(N)C2. The Hall–Kier alpha value is -0.820. The van der Waals surface area contributed by atoms with Crippen molar-refractivity contribution in [3.05, 3.63) is 34.4 Å². The number of benzene rings is 1. The molecule has 0 spiro atoms. The molecule has 0 heterocycles. The van der Waals surface area contributed by atoms with Crippen LogP contribution in [0.1, 0.15) is 22.3 Å². The summed E-state index contributed by atoms with van der Waals surface area (Å²) < 4.78 is 0. The van der Waals surface area contributed by atoms with Gasteiger partial charge in [-0.15, -0.1) is 0 Å². The second kappa shape index (κ2) is 2.60. The first-order valence-electron chi connectivity index (χ1n) is 4.51. The molecule has 1 aromatic carbocycles. The van der Waals surface area contributed by atoms with Crippen molar-refractivity contribution in [2.24, 2.45) is 5.73 Å². The maximum Gasteiger partial charge on any atom is 0.0120 e. The average Bonchev–Trinajstić information content (AvgIpc) is 2.30. The molecule has 12 heavy (non-hydrogen) atoms. The number of nitrogens with two attached hydrogens (primary N) is 1. The van der Waals surface area contributed by atoms with Crippen LogP contribution in [0.3, 0.4) is 0 Å². The molecule has 1 aromatic rings. The van der Waals surface area contributed by atoms with Gasteiger partial charge in [-0.2, -0.15) is 0 Å². The van der Waals surface area contributed by atoms with Crippen LogP contribution in [-0.4, -0.2) is 6.04 Å². The van der Waals surface area contributed by atoms with Crippen molar-refractivity contribution in [2.45, 2.75) is 32.7 Å². The van der Waals surface area contributed by atoms with E-state index in [0.29, 0.717) is 6.04 Å². The Bertz CT molecular complexity index is 284. The molecule has 1 nitrogen and oxygen atoms in total. The standard InChI is InChI=1S/C11H15N/c1-7-3-9-5-11(12)6-10(9)4-8(7)2/h3-4,11H,5-6,12H2,1-2H3. The molecule has 0 saturated heterocycles. The van der Waals surface area contributed by atoms with Gasteiger partial charge in [0.15, 0.2) is 0 Å². The highest BCUT2D eigenvalue weighted by Gasteiger charge is 2.18. The molecule has 0 radical (unpaired) electrons. The van der Waals surface area contributed by atoms with Crippen LogP contribution >= 0.6 is 0 Å². The van der Waals surface area contributed by atoms with Crippen LogP contribution in [0.5, 0.6) is 0 Å². The summed E-state index contributed by atoms with van der Waals surface area (Å²) in [6.07, 6.45) is 2.13. The maximum absolute atomic E-state index is 5.89. The monoisotopic (exact) mass is 161 g/mol. The first-order chi connectivity index (χ1) is 5.66. The molecule has 0 unspecified atom stereocenters. The molecule has 0 bridgehead atoms. The Morgan fingerprint density at radius 1 is 1.08 bits per heavy atom. The summed E-state index contributed by atoms with van der Waals surface area (Å²) in [7, 11) is 0. The van der Waals surface area contributed by atoms with E-state index in [4.69, 9.17) is 5.73 Å². The molecule has 1 heteroatoms. The zero-order chi connectivity index (χ0) is 8.72. The Morgan fingerprint density at radius 2 is 1.50 bits per heavy atom. The fourth-order valence-corrected chi connectivity index (χ4v) is 1.95. The summed E-state index contributed by atoms with van der Waals surface area (Å²) >= 11 is 0. The van der Waals surface area contributed by atoms with E-state index in [1.165, 1.54) is 22.3 Å². The van der Waals surface area contributed by atoms with Gasteiger partial charge in [-0.3, -0.25) is 0 Å². The minimum absolute atomic E-state index is 0.362. The molecule has 2 rings (SSSR count). The number of fused-ring (bicyclic) bond motifs is 1. The largest absolute Gasteiger partial charge is 0.327 e.